The molecule has 1 heterocycles. The quantitative estimate of drug-likeness (QED) is 0.827. The van der Waals surface area contributed by atoms with Gasteiger partial charge in [0.1, 0.15) is 0 Å². The molecule has 0 spiro atoms. The normalized spacial score (nSPS) is 24.3. The first-order chi connectivity index (χ1) is 8.63. The largest absolute Gasteiger partial charge is 0.350 e. The zero-order chi connectivity index (χ0) is 13.0. The molecule has 1 saturated carbocycles. The van der Waals surface area contributed by atoms with Crippen LogP contribution in [-0.2, 0) is 4.79 Å². The molecule has 0 aromatic carbocycles. The predicted molar refractivity (Wildman–Crippen MR) is 80.6 cm³/mol. The van der Waals surface area contributed by atoms with Crippen molar-refractivity contribution in [3.63, 3.8) is 0 Å². The van der Waals surface area contributed by atoms with Gasteiger partial charge in [-0.25, -0.2) is 0 Å². The zero-order valence-corrected chi connectivity index (χ0v) is 12.9. The number of thiophene rings is 1. The fourth-order valence-corrected chi connectivity index (χ4v) is 3.56. The maximum absolute atomic E-state index is 11.8. The van der Waals surface area contributed by atoms with E-state index < -0.39 is 0 Å². The lowest BCUT2D eigenvalue weighted by atomic mass is 9.87. The minimum absolute atomic E-state index is 0.0269. The summed E-state index contributed by atoms with van der Waals surface area (Å²) >= 11 is 5.03. The first-order valence-electron chi connectivity index (χ1n) is 6.37. The molecule has 0 bridgehead atoms. The Kier molecular flexibility index (Phi) is 5.01. The number of halogens is 1. The number of carbonyl (C=O) groups excluding carboxylic acids is 1. The number of rotatable bonds is 3. The summed E-state index contributed by atoms with van der Waals surface area (Å²) < 4.78 is 1.09. The van der Waals surface area contributed by atoms with E-state index in [2.05, 4.69) is 28.2 Å². The summed E-state index contributed by atoms with van der Waals surface area (Å²) in [6, 6.07) is 4.36. The Morgan fingerprint density at radius 3 is 2.72 bits per heavy atom. The van der Waals surface area contributed by atoms with Crippen LogP contribution in [0.3, 0.4) is 0 Å². The van der Waals surface area contributed by atoms with Crippen LogP contribution >= 0.6 is 27.3 Å². The molecule has 0 atom stereocenters. The lowest BCUT2D eigenvalue weighted by Gasteiger charge is -2.26. The molecule has 0 aliphatic heterocycles. The second-order valence-electron chi connectivity index (χ2n) is 4.94. The first-order valence-corrected chi connectivity index (χ1v) is 7.98. The summed E-state index contributed by atoms with van der Waals surface area (Å²) in [5.74, 6) is 0.844. The van der Waals surface area contributed by atoms with E-state index in [1.807, 2.05) is 18.2 Å². The van der Waals surface area contributed by atoms with Crippen molar-refractivity contribution < 1.29 is 4.79 Å². The molecule has 1 aliphatic carbocycles. The molecule has 1 aromatic heterocycles. The molecule has 1 amide bonds. The fraction of sp³-hybridized carbons (Fsp3) is 0.500. The molecule has 2 rings (SSSR count). The van der Waals surface area contributed by atoms with Crippen LogP contribution in [0.2, 0.25) is 0 Å². The van der Waals surface area contributed by atoms with E-state index in [1.54, 1.807) is 17.4 Å². The molecular formula is C14H18BrNOS. The highest BCUT2D eigenvalue weighted by atomic mass is 79.9. The van der Waals surface area contributed by atoms with E-state index >= 15 is 0 Å². The van der Waals surface area contributed by atoms with Crippen molar-refractivity contribution in [1.82, 2.24) is 5.32 Å². The Morgan fingerprint density at radius 2 is 2.11 bits per heavy atom. The minimum atomic E-state index is 0.0269. The van der Waals surface area contributed by atoms with Gasteiger partial charge in [0, 0.05) is 17.0 Å². The van der Waals surface area contributed by atoms with Gasteiger partial charge in [0.15, 0.2) is 0 Å². The average Bonchev–Trinajstić information content (AvgIpc) is 2.76. The van der Waals surface area contributed by atoms with E-state index in [4.69, 9.17) is 0 Å². The predicted octanol–water partition coefficient (Wildman–Crippen LogP) is 4.22. The van der Waals surface area contributed by atoms with E-state index in [0.29, 0.717) is 6.04 Å². The second kappa shape index (κ2) is 6.53. The van der Waals surface area contributed by atoms with Crippen molar-refractivity contribution in [2.45, 2.75) is 38.6 Å². The third-order valence-electron chi connectivity index (χ3n) is 3.36. The topological polar surface area (TPSA) is 29.1 Å². The molecule has 18 heavy (non-hydrogen) atoms. The Hall–Kier alpha value is -0.610. The average molecular weight is 328 g/mol. The Bertz CT molecular complexity index is 433. The molecule has 1 aromatic rings. The molecule has 0 unspecified atom stereocenters. The summed E-state index contributed by atoms with van der Waals surface area (Å²) in [5, 5.41) is 3.08. The van der Waals surface area contributed by atoms with Crippen molar-refractivity contribution in [3.8, 4) is 0 Å². The van der Waals surface area contributed by atoms with Gasteiger partial charge in [-0.05, 0) is 65.7 Å². The lowest BCUT2D eigenvalue weighted by Crippen LogP contribution is -2.36. The molecule has 98 valence electrons. The standard InChI is InChI=1S/C14H18BrNOS/c1-10-2-4-11(5-3-10)16-14(17)9-7-12-6-8-13(15)18-12/h6-11H,2-5H2,1H3,(H,16,17)/b9-7+. The summed E-state index contributed by atoms with van der Waals surface area (Å²) in [6.45, 7) is 2.28. The van der Waals surface area contributed by atoms with Gasteiger partial charge in [-0.1, -0.05) is 6.92 Å². The van der Waals surface area contributed by atoms with Gasteiger partial charge in [-0.15, -0.1) is 11.3 Å². The maximum atomic E-state index is 11.8. The van der Waals surface area contributed by atoms with Crippen LogP contribution < -0.4 is 5.32 Å². The third-order valence-corrected chi connectivity index (χ3v) is 4.94. The first kappa shape index (κ1) is 13.8. The van der Waals surface area contributed by atoms with Crippen LogP contribution in [0.15, 0.2) is 22.0 Å². The SMILES string of the molecule is CC1CCC(NC(=O)/C=C/c2ccc(Br)s2)CC1. The van der Waals surface area contributed by atoms with Gasteiger partial charge in [-0.3, -0.25) is 4.79 Å². The molecule has 1 aliphatic rings. The van der Waals surface area contributed by atoms with Crippen molar-refractivity contribution >= 4 is 39.2 Å². The van der Waals surface area contributed by atoms with Crippen LogP contribution in [0, 0.1) is 5.92 Å². The van der Waals surface area contributed by atoms with Crippen molar-refractivity contribution in [3.05, 3.63) is 26.9 Å². The minimum Gasteiger partial charge on any atom is -0.350 e. The van der Waals surface area contributed by atoms with E-state index in [9.17, 15) is 4.79 Å². The highest BCUT2D eigenvalue weighted by Crippen LogP contribution is 2.24. The van der Waals surface area contributed by atoms with Gasteiger partial charge in [0.2, 0.25) is 5.91 Å². The van der Waals surface area contributed by atoms with Crippen LogP contribution in [-0.4, -0.2) is 11.9 Å². The highest BCUT2D eigenvalue weighted by molar-refractivity contribution is 9.11. The number of hydrogen-bond donors (Lipinski definition) is 1. The summed E-state index contributed by atoms with van der Waals surface area (Å²) in [7, 11) is 0. The van der Waals surface area contributed by atoms with Crippen LogP contribution in [0.5, 0.6) is 0 Å². The molecule has 4 heteroatoms. The van der Waals surface area contributed by atoms with Gasteiger partial charge in [-0.2, -0.15) is 0 Å². The molecule has 1 N–H and O–H groups in total. The van der Waals surface area contributed by atoms with Crippen molar-refractivity contribution in [2.75, 3.05) is 0 Å². The van der Waals surface area contributed by atoms with Gasteiger partial charge in [0.05, 0.1) is 3.79 Å². The fourth-order valence-electron chi connectivity index (χ4n) is 2.23. The number of amides is 1. The molecule has 1 fully saturated rings. The Balaban J connectivity index is 1.80. The Morgan fingerprint density at radius 1 is 1.39 bits per heavy atom. The second-order valence-corrected chi connectivity index (χ2v) is 7.44. The van der Waals surface area contributed by atoms with Crippen LogP contribution in [0.4, 0.5) is 0 Å². The number of nitrogens with one attached hydrogen (secondary N) is 1. The molecule has 0 radical (unpaired) electrons. The molecule has 0 saturated heterocycles. The monoisotopic (exact) mass is 327 g/mol. The maximum Gasteiger partial charge on any atom is 0.244 e. The van der Waals surface area contributed by atoms with E-state index in [-0.39, 0.29) is 5.91 Å². The zero-order valence-electron chi connectivity index (χ0n) is 10.5. The Labute approximate surface area is 121 Å². The smallest absolute Gasteiger partial charge is 0.244 e. The summed E-state index contributed by atoms with van der Waals surface area (Å²) in [6.07, 6.45) is 8.20. The highest BCUT2D eigenvalue weighted by Gasteiger charge is 2.18. The molecular weight excluding hydrogens is 310 g/mol. The summed E-state index contributed by atoms with van der Waals surface area (Å²) in [4.78, 5) is 12.9. The number of hydrogen-bond acceptors (Lipinski definition) is 2. The number of carbonyl (C=O) groups is 1. The van der Waals surface area contributed by atoms with Gasteiger partial charge < -0.3 is 5.32 Å². The molecule has 2 nitrogen and oxygen atoms in total. The van der Waals surface area contributed by atoms with Gasteiger partial charge in [0.25, 0.3) is 0 Å². The third kappa shape index (κ3) is 4.25. The van der Waals surface area contributed by atoms with Gasteiger partial charge >= 0.3 is 0 Å². The van der Waals surface area contributed by atoms with E-state index in [1.165, 1.54) is 12.8 Å². The van der Waals surface area contributed by atoms with Crippen molar-refractivity contribution in [1.29, 1.82) is 0 Å². The van der Waals surface area contributed by atoms with E-state index in [0.717, 1.165) is 27.4 Å². The van der Waals surface area contributed by atoms with Crippen molar-refractivity contribution in [2.24, 2.45) is 5.92 Å². The lowest BCUT2D eigenvalue weighted by molar-refractivity contribution is -0.117. The summed E-state index contributed by atoms with van der Waals surface area (Å²) in [5.41, 5.74) is 0. The van der Waals surface area contributed by atoms with Crippen LogP contribution in [0.1, 0.15) is 37.5 Å². The van der Waals surface area contributed by atoms with Crippen LogP contribution in [0.25, 0.3) is 6.08 Å².